The molecule has 4 saturated carbocycles. The molecule has 18 heteroatoms. The molecule has 4 aromatic carbocycles. The molecule has 0 unspecified atom stereocenters. The lowest BCUT2D eigenvalue weighted by molar-refractivity contribution is -0.105. The van der Waals surface area contributed by atoms with Gasteiger partial charge in [-0.3, -0.25) is 9.59 Å². The van der Waals surface area contributed by atoms with Gasteiger partial charge in [0.1, 0.15) is 11.5 Å². The van der Waals surface area contributed by atoms with E-state index in [4.69, 9.17) is 32.7 Å². The minimum Gasteiger partial charge on any atom is -0.490 e. The number of carbonyl (C=O) groups excluding carboxylic acids is 2. The highest BCUT2D eigenvalue weighted by molar-refractivity contribution is 7.91. The number of hydrogen-bond acceptors (Lipinski definition) is 12. The highest BCUT2D eigenvalue weighted by Crippen LogP contribution is 2.54. The van der Waals surface area contributed by atoms with Crippen molar-refractivity contribution in [3.63, 3.8) is 0 Å². The van der Waals surface area contributed by atoms with E-state index < -0.39 is 53.6 Å². The number of nitrogens with one attached hydrogen (secondary N) is 2. The van der Waals surface area contributed by atoms with Crippen LogP contribution in [-0.4, -0.2) is 100.0 Å². The SMILES string of the molecule is C[C@@H]1[C@@H](C)CCC[C@](O)(CC2CCCCC2)[C@@H]2CC[C@H]2CN2C[C@@]3(CCCc4cc(Cl)ccc43)COc3ccc(cc32)C(=O)NS1(=O)=O.C[C@@H]1[C@@H](C)CCC[C@](O)(CC2CCCCC2)[C@@H]2CC[C@H]2CN2C[C@@]3(CCCc4cc(Cl)ccc43)COc3ccc(cc32)C(=O)NS1(=O)=O. The number of rotatable bonds is 4. The van der Waals surface area contributed by atoms with Crippen LogP contribution in [0.25, 0.3) is 0 Å². The van der Waals surface area contributed by atoms with E-state index in [0.29, 0.717) is 85.2 Å². The molecular weight excluding hydrogens is 1290 g/mol. The van der Waals surface area contributed by atoms with Crippen LogP contribution < -0.4 is 28.7 Å². The Bertz CT molecular complexity index is 3490. The van der Waals surface area contributed by atoms with Crippen LogP contribution in [-0.2, 0) is 43.7 Å². The van der Waals surface area contributed by atoms with Gasteiger partial charge in [-0.2, -0.15) is 0 Å². The van der Waals surface area contributed by atoms with Crippen molar-refractivity contribution in [1.82, 2.24) is 9.44 Å². The highest BCUT2D eigenvalue weighted by atomic mass is 35.5. The molecule has 14 rings (SSSR count). The first kappa shape index (κ1) is 69.9. The van der Waals surface area contributed by atoms with Crippen molar-refractivity contribution in [2.75, 3.05) is 49.2 Å². The fourth-order valence-corrected chi connectivity index (χ4v) is 22.8. The van der Waals surface area contributed by atoms with Crippen LogP contribution in [0.4, 0.5) is 11.4 Å². The summed E-state index contributed by atoms with van der Waals surface area (Å²) in [6.45, 7) is 11.3. The number of anilines is 2. The lowest BCUT2D eigenvalue weighted by atomic mass is 9.60. The highest BCUT2D eigenvalue weighted by Gasteiger charge is 2.52. The van der Waals surface area contributed by atoms with Crippen molar-refractivity contribution in [3.8, 4) is 11.5 Å². The standard InChI is InChI=1S/2C39H53ClN2O5S/c2*1-26-8-6-19-39(44,22-28-9-4-3-5-10-28)34-15-12-31(34)23-42-24-38(18-7-11-29-20-32(40)14-16-33(29)38)25-47-36-17-13-30(21-35(36)42)37(43)41-48(45,46)27(26)2/h2*13-14,16-17,20-21,26-28,31,34,44H,3-12,15,18-19,22-25H2,1-2H3,(H,41,43)/t2*26-,27+,31-,34+,38-,39-/m00/s1. The molecule has 2 amide bonds. The summed E-state index contributed by atoms with van der Waals surface area (Å²) in [6.07, 6.45) is 28.5. The van der Waals surface area contributed by atoms with E-state index in [9.17, 15) is 36.6 Å². The van der Waals surface area contributed by atoms with Crippen molar-refractivity contribution in [2.45, 2.75) is 240 Å². The van der Waals surface area contributed by atoms with Crippen LogP contribution in [0.15, 0.2) is 72.8 Å². The molecule has 10 aliphatic rings. The lowest BCUT2D eigenvalue weighted by Gasteiger charge is -2.51. The Hall–Kier alpha value is -4.58. The Kier molecular flexibility index (Phi) is 20.7. The molecule has 4 aliphatic heterocycles. The predicted octanol–water partition coefficient (Wildman–Crippen LogP) is 15.6. The summed E-state index contributed by atoms with van der Waals surface area (Å²) >= 11 is 12.9. The maximum absolute atomic E-state index is 13.5. The van der Waals surface area contributed by atoms with Gasteiger partial charge in [0.2, 0.25) is 20.0 Å². The van der Waals surface area contributed by atoms with Gasteiger partial charge in [0.05, 0.1) is 46.3 Å². The molecule has 0 radical (unpaired) electrons. The smallest absolute Gasteiger partial charge is 0.264 e. The fraction of sp³-hybridized carbons (Fsp3) is 0.667. The molecule has 4 heterocycles. The predicted molar refractivity (Wildman–Crippen MR) is 383 cm³/mol. The number of aryl methyl sites for hydroxylation is 2. The van der Waals surface area contributed by atoms with E-state index in [1.807, 2.05) is 50.2 Å². The van der Waals surface area contributed by atoms with Crippen molar-refractivity contribution < 1.29 is 46.1 Å². The zero-order valence-corrected chi connectivity index (χ0v) is 60.5. The Morgan fingerprint density at radius 1 is 0.490 bits per heavy atom. The summed E-state index contributed by atoms with van der Waals surface area (Å²) < 4.78 is 72.0. The number of aliphatic hydroxyl groups is 2. The second-order valence-electron chi connectivity index (χ2n) is 32.2. The van der Waals surface area contributed by atoms with Gasteiger partial charge in [-0.1, -0.05) is 126 Å². The van der Waals surface area contributed by atoms with Crippen LogP contribution in [0.1, 0.15) is 238 Å². The quantitative estimate of drug-likeness (QED) is 0.151. The first-order valence-corrected chi connectivity index (χ1v) is 41.0. The number of nitrogens with zero attached hydrogens (tertiary/aromatic N) is 2. The molecule has 0 saturated heterocycles. The molecule has 6 aliphatic carbocycles. The van der Waals surface area contributed by atoms with Crippen molar-refractivity contribution >= 4 is 66.4 Å². The topological polar surface area (TPSA) is 192 Å². The first-order valence-electron chi connectivity index (χ1n) is 37.1. The Labute approximate surface area is 582 Å². The van der Waals surface area contributed by atoms with Gasteiger partial charge in [0.25, 0.3) is 11.8 Å². The molecule has 0 aromatic heterocycles. The molecule has 2 spiro atoms. The largest absolute Gasteiger partial charge is 0.490 e. The molecule has 524 valence electrons. The average Bonchev–Trinajstić information content (AvgIpc) is 1.38. The van der Waals surface area contributed by atoms with E-state index in [-0.39, 0.29) is 34.5 Å². The van der Waals surface area contributed by atoms with Gasteiger partial charge in [-0.25, -0.2) is 26.3 Å². The van der Waals surface area contributed by atoms with Gasteiger partial charge < -0.3 is 29.5 Å². The van der Waals surface area contributed by atoms with Gasteiger partial charge >= 0.3 is 0 Å². The number of halogens is 2. The summed E-state index contributed by atoms with van der Waals surface area (Å²) in [5, 5.41) is 25.4. The molecule has 12 atom stereocenters. The second kappa shape index (κ2) is 28.4. The zero-order chi connectivity index (χ0) is 67.4. The van der Waals surface area contributed by atoms with E-state index >= 15 is 0 Å². The van der Waals surface area contributed by atoms with Crippen LogP contribution in [0.3, 0.4) is 0 Å². The molecular formula is C78H106Cl2N4O10S2. The first-order chi connectivity index (χ1) is 45.9. The maximum Gasteiger partial charge on any atom is 0.264 e. The third kappa shape index (κ3) is 14.5. The van der Waals surface area contributed by atoms with Crippen molar-refractivity contribution in [1.29, 1.82) is 0 Å². The van der Waals surface area contributed by atoms with Crippen molar-refractivity contribution in [3.05, 3.63) is 116 Å². The summed E-state index contributed by atoms with van der Waals surface area (Å²) in [7, 11) is -7.83. The monoisotopic (exact) mass is 1390 g/mol. The Balaban J connectivity index is 0.000000174. The molecule has 96 heavy (non-hydrogen) atoms. The van der Waals surface area contributed by atoms with E-state index in [0.717, 1.165) is 137 Å². The minimum absolute atomic E-state index is 0.153. The summed E-state index contributed by atoms with van der Waals surface area (Å²) in [6, 6.07) is 23.2. The third-order valence-corrected chi connectivity index (χ3v) is 30.3. The van der Waals surface area contributed by atoms with Gasteiger partial charge in [0, 0.05) is 58.2 Å². The van der Waals surface area contributed by atoms with E-state index in [1.165, 1.54) is 86.5 Å². The number of carbonyl (C=O) groups is 2. The molecule has 4 fully saturated rings. The zero-order valence-electron chi connectivity index (χ0n) is 57.4. The molecule has 4 bridgehead atoms. The maximum atomic E-state index is 13.5. The molecule has 14 nitrogen and oxygen atoms in total. The number of benzene rings is 4. The minimum atomic E-state index is -3.91. The number of ether oxygens (including phenoxy) is 2. The van der Waals surface area contributed by atoms with Crippen LogP contribution >= 0.6 is 23.2 Å². The van der Waals surface area contributed by atoms with E-state index in [1.54, 1.807) is 26.0 Å². The van der Waals surface area contributed by atoms with Crippen molar-refractivity contribution in [2.24, 2.45) is 47.3 Å². The molecule has 4 N–H and O–H groups in total. The van der Waals surface area contributed by atoms with Gasteiger partial charge in [-0.15, -0.1) is 0 Å². The van der Waals surface area contributed by atoms with Crippen LogP contribution in [0, 0.1) is 47.3 Å². The summed E-state index contributed by atoms with van der Waals surface area (Å²) in [5.41, 5.74) is 5.33. The second-order valence-corrected chi connectivity index (χ2v) is 37.1. The van der Waals surface area contributed by atoms with Crippen LogP contribution in [0.5, 0.6) is 11.5 Å². The Morgan fingerprint density at radius 2 is 0.896 bits per heavy atom. The number of amides is 2. The number of sulfonamides is 2. The Morgan fingerprint density at radius 3 is 1.28 bits per heavy atom. The summed E-state index contributed by atoms with van der Waals surface area (Å²) in [4.78, 5) is 31.9. The van der Waals surface area contributed by atoms with Gasteiger partial charge in [-0.05, 0) is 247 Å². The summed E-state index contributed by atoms with van der Waals surface area (Å²) in [5.74, 6) is 2.01. The van der Waals surface area contributed by atoms with Gasteiger partial charge in [0.15, 0.2) is 0 Å². The number of hydrogen-bond donors (Lipinski definition) is 4. The normalized spacial score (nSPS) is 34.2. The molecule has 4 aromatic rings. The number of fused-ring (bicyclic) bond motifs is 8. The van der Waals surface area contributed by atoms with Crippen LogP contribution in [0.2, 0.25) is 10.0 Å². The third-order valence-electron chi connectivity index (χ3n) is 26.0. The lowest BCUT2D eigenvalue weighted by Crippen LogP contribution is -2.53. The van der Waals surface area contributed by atoms with E-state index in [2.05, 4.69) is 43.5 Å². The fourth-order valence-electron chi connectivity index (χ4n) is 19.8. The average molecular weight is 1390 g/mol.